The quantitative estimate of drug-likeness (QED) is 0.338. The number of anilines is 1. The van der Waals surface area contributed by atoms with E-state index in [0.717, 1.165) is 16.6 Å². The number of hydrogen-bond acceptors (Lipinski definition) is 6. The van der Waals surface area contributed by atoms with Crippen LogP contribution in [0, 0.1) is 0 Å². The first-order valence-corrected chi connectivity index (χ1v) is 11.8. The molecule has 12 heteroatoms. The lowest BCUT2D eigenvalue weighted by Crippen LogP contribution is -2.39. The third-order valence-corrected chi connectivity index (χ3v) is 6.71. The largest absolute Gasteiger partial charge is 0.497 e. The lowest BCUT2D eigenvalue weighted by molar-refractivity contribution is -0.137. The lowest BCUT2D eigenvalue weighted by Gasteiger charge is -2.25. The Morgan fingerprint density at radius 2 is 1.67 bits per heavy atom. The summed E-state index contributed by atoms with van der Waals surface area (Å²) >= 11 is 0. The van der Waals surface area contributed by atoms with Gasteiger partial charge in [-0.05, 0) is 30.3 Å². The minimum atomic E-state index is -4.61. The van der Waals surface area contributed by atoms with Gasteiger partial charge in [0.15, 0.2) is 0 Å². The van der Waals surface area contributed by atoms with Crippen molar-refractivity contribution in [1.82, 2.24) is 5.43 Å². The smallest absolute Gasteiger partial charge is 0.417 e. The van der Waals surface area contributed by atoms with Gasteiger partial charge in [0.05, 0.1) is 36.6 Å². The van der Waals surface area contributed by atoms with Crippen molar-refractivity contribution in [3.63, 3.8) is 0 Å². The number of halogens is 3. The van der Waals surface area contributed by atoms with Gasteiger partial charge in [0.25, 0.3) is 15.9 Å². The van der Waals surface area contributed by atoms with Crippen LogP contribution < -0.4 is 19.2 Å². The third-order valence-electron chi connectivity index (χ3n) is 4.93. The predicted octanol–water partition coefficient (Wildman–Crippen LogP) is 4.07. The van der Waals surface area contributed by atoms with E-state index in [1.54, 1.807) is 12.1 Å². The van der Waals surface area contributed by atoms with Crippen LogP contribution in [-0.4, -0.2) is 41.3 Å². The van der Waals surface area contributed by atoms with Crippen molar-refractivity contribution < 1.29 is 35.9 Å². The van der Waals surface area contributed by atoms with E-state index in [0.29, 0.717) is 5.75 Å². The first kappa shape index (κ1) is 26.5. The second-order valence-corrected chi connectivity index (χ2v) is 9.10. The summed E-state index contributed by atoms with van der Waals surface area (Å²) in [6.07, 6.45) is -3.78. The first-order valence-electron chi connectivity index (χ1n) is 10.4. The molecule has 190 valence electrons. The number of rotatable bonds is 9. The third kappa shape index (κ3) is 6.13. The summed E-state index contributed by atoms with van der Waals surface area (Å²) in [6.45, 7) is -0.751. The molecule has 0 saturated heterocycles. The van der Waals surface area contributed by atoms with Crippen molar-refractivity contribution >= 4 is 27.8 Å². The van der Waals surface area contributed by atoms with E-state index in [-0.39, 0.29) is 21.9 Å². The molecule has 0 aliphatic heterocycles. The Labute approximate surface area is 206 Å². The van der Waals surface area contributed by atoms with Crippen LogP contribution in [0.5, 0.6) is 11.5 Å². The zero-order valence-electron chi connectivity index (χ0n) is 19.2. The molecular formula is C24H22F3N3O5S. The average molecular weight is 522 g/mol. The number of benzene rings is 3. The van der Waals surface area contributed by atoms with Crippen LogP contribution in [0.25, 0.3) is 0 Å². The first-order chi connectivity index (χ1) is 17.1. The second-order valence-electron chi connectivity index (χ2n) is 7.24. The molecule has 0 spiro atoms. The number of carbonyl (C=O) groups is 1. The Balaban J connectivity index is 1.94. The summed E-state index contributed by atoms with van der Waals surface area (Å²) in [6, 6.07) is 16.5. The zero-order chi connectivity index (χ0) is 26.3. The molecule has 1 N–H and O–H groups in total. The van der Waals surface area contributed by atoms with E-state index in [9.17, 15) is 26.4 Å². The summed E-state index contributed by atoms with van der Waals surface area (Å²) < 4.78 is 77.8. The van der Waals surface area contributed by atoms with E-state index >= 15 is 0 Å². The highest BCUT2D eigenvalue weighted by atomic mass is 32.2. The van der Waals surface area contributed by atoms with Gasteiger partial charge in [-0.15, -0.1) is 0 Å². The number of hydrogen-bond donors (Lipinski definition) is 1. The highest BCUT2D eigenvalue weighted by Crippen LogP contribution is 2.35. The molecule has 0 atom stereocenters. The van der Waals surface area contributed by atoms with E-state index < -0.39 is 34.2 Å². The Morgan fingerprint density at radius 3 is 2.31 bits per heavy atom. The maximum atomic E-state index is 13.5. The fourth-order valence-corrected chi connectivity index (χ4v) is 4.66. The summed E-state index contributed by atoms with van der Waals surface area (Å²) in [5, 5.41) is 3.59. The molecule has 3 aromatic rings. The van der Waals surface area contributed by atoms with Crippen LogP contribution in [0.1, 0.15) is 11.1 Å². The molecule has 1 amide bonds. The van der Waals surface area contributed by atoms with Crippen LogP contribution >= 0.6 is 0 Å². The molecule has 0 aromatic heterocycles. The van der Waals surface area contributed by atoms with E-state index in [2.05, 4.69) is 10.5 Å². The van der Waals surface area contributed by atoms with Gasteiger partial charge in [0.2, 0.25) is 0 Å². The number of methoxy groups -OCH3 is 2. The molecule has 0 heterocycles. The zero-order valence-corrected chi connectivity index (χ0v) is 20.0. The Hall–Kier alpha value is -4.06. The monoisotopic (exact) mass is 521 g/mol. The van der Waals surface area contributed by atoms with E-state index in [1.807, 2.05) is 0 Å². The normalized spacial score (nSPS) is 11.8. The Kier molecular flexibility index (Phi) is 8.20. The van der Waals surface area contributed by atoms with Crippen LogP contribution in [0.15, 0.2) is 82.8 Å². The number of amides is 1. The number of carbonyl (C=O) groups excluding carboxylic acids is 1. The molecule has 3 rings (SSSR count). The molecule has 0 bridgehead atoms. The van der Waals surface area contributed by atoms with Crippen LogP contribution in [0.2, 0.25) is 0 Å². The standard InChI is InChI=1S/C24H22F3N3O5S/c1-34-18-12-13-22(35-2)21(14-18)30(36(32,33)19-9-4-3-5-10-19)16-23(31)29-28-15-17-8-6-7-11-20(17)24(25,26)27/h3-15H,16H2,1-2H3,(H,29,31)/b28-15+. The summed E-state index contributed by atoms with van der Waals surface area (Å²) in [7, 11) is -1.55. The van der Waals surface area contributed by atoms with Gasteiger partial charge < -0.3 is 9.47 Å². The molecule has 0 aliphatic rings. The number of nitrogens with one attached hydrogen (secondary N) is 1. The van der Waals surface area contributed by atoms with Crippen molar-refractivity contribution in [2.75, 3.05) is 25.1 Å². The van der Waals surface area contributed by atoms with Gasteiger partial charge in [0, 0.05) is 11.6 Å². The molecule has 0 radical (unpaired) electrons. The summed E-state index contributed by atoms with van der Waals surface area (Å²) in [4.78, 5) is 12.6. The van der Waals surface area contributed by atoms with Crippen LogP contribution in [0.3, 0.4) is 0 Å². The van der Waals surface area contributed by atoms with Crippen molar-refractivity contribution in [2.45, 2.75) is 11.1 Å². The highest BCUT2D eigenvalue weighted by molar-refractivity contribution is 7.92. The maximum absolute atomic E-state index is 13.5. The second kappa shape index (κ2) is 11.1. The lowest BCUT2D eigenvalue weighted by atomic mass is 10.1. The van der Waals surface area contributed by atoms with Crippen LogP contribution in [0.4, 0.5) is 18.9 Å². The van der Waals surface area contributed by atoms with Gasteiger partial charge in [-0.2, -0.15) is 18.3 Å². The van der Waals surface area contributed by atoms with Crippen LogP contribution in [-0.2, 0) is 21.0 Å². The number of sulfonamides is 1. The molecule has 8 nitrogen and oxygen atoms in total. The van der Waals surface area contributed by atoms with Crippen molar-refractivity contribution in [3.05, 3.63) is 83.9 Å². The average Bonchev–Trinajstić information content (AvgIpc) is 2.87. The van der Waals surface area contributed by atoms with Gasteiger partial charge in [-0.1, -0.05) is 36.4 Å². The molecule has 3 aromatic carbocycles. The maximum Gasteiger partial charge on any atom is 0.417 e. The number of alkyl halides is 3. The number of nitrogens with zero attached hydrogens (tertiary/aromatic N) is 2. The molecular weight excluding hydrogens is 499 g/mol. The highest BCUT2D eigenvalue weighted by Gasteiger charge is 2.33. The van der Waals surface area contributed by atoms with Gasteiger partial charge in [-0.25, -0.2) is 13.8 Å². The summed E-state index contributed by atoms with van der Waals surface area (Å²) in [5.41, 5.74) is 0.898. The van der Waals surface area contributed by atoms with Crippen molar-refractivity contribution in [3.8, 4) is 11.5 Å². The number of hydrazone groups is 1. The fourth-order valence-electron chi connectivity index (χ4n) is 3.22. The number of ether oxygens (including phenoxy) is 2. The molecule has 0 unspecified atom stereocenters. The fraction of sp³-hybridized carbons (Fsp3) is 0.167. The molecule has 0 saturated carbocycles. The topological polar surface area (TPSA) is 97.3 Å². The van der Waals surface area contributed by atoms with Crippen molar-refractivity contribution in [1.29, 1.82) is 0 Å². The van der Waals surface area contributed by atoms with Crippen molar-refractivity contribution in [2.24, 2.45) is 5.10 Å². The van der Waals surface area contributed by atoms with E-state index in [4.69, 9.17) is 9.47 Å². The predicted molar refractivity (Wildman–Crippen MR) is 128 cm³/mol. The van der Waals surface area contributed by atoms with Gasteiger partial charge >= 0.3 is 6.18 Å². The SMILES string of the molecule is COc1ccc(OC)c(N(CC(=O)N/N=C/c2ccccc2C(F)(F)F)S(=O)(=O)c2ccccc2)c1. The van der Waals surface area contributed by atoms with E-state index in [1.165, 1.54) is 68.8 Å². The summed E-state index contributed by atoms with van der Waals surface area (Å²) in [5.74, 6) is -0.452. The molecule has 36 heavy (non-hydrogen) atoms. The minimum absolute atomic E-state index is 0.0160. The Morgan fingerprint density at radius 1 is 1.00 bits per heavy atom. The van der Waals surface area contributed by atoms with Gasteiger partial charge in [-0.3, -0.25) is 9.10 Å². The van der Waals surface area contributed by atoms with Gasteiger partial charge in [0.1, 0.15) is 18.0 Å². The Bertz CT molecular complexity index is 1350. The minimum Gasteiger partial charge on any atom is -0.497 e. The molecule has 0 aliphatic carbocycles. The molecule has 0 fully saturated rings.